The van der Waals surface area contributed by atoms with Crippen molar-refractivity contribution in [3.63, 3.8) is 0 Å². The van der Waals surface area contributed by atoms with Crippen LogP contribution in [0.5, 0.6) is 0 Å². The van der Waals surface area contributed by atoms with E-state index >= 15 is 0 Å². The van der Waals surface area contributed by atoms with Crippen LogP contribution in [0.4, 0.5) is 0 Å². The lowest BCUT2D eigenvalue weighted by Crippen LogP contribution is -2.37. The third-order valence-corrected chi connectivity index (χ3v) is 13.7. The zero-order valence-corrected chi connectivity index (χ0v) is 53.3. The van der Waals surface area contributed by atoms with Crippen molar-refractivity contribution in [1.82, 2.24) is 0 Å². The Hall–Kier alpha value is -4.63. The van der Waals surface area contributed by atoms with Crippen LogP contribution < -0.4 is 0 Å². The van der Waals surface area contributed by atoms with Crippen LogP contribution in [0, 0.1) is 0 Å². The summed E-state index contributed by atoms with van der Waals surface area (Å²) in [5, 5.41) is 0. The van der Waals surface area contributed by atoms with Crippen LogP contribution in [-0.2, 0) is 32.7 Å². The number of nitrogens with zero attached hydrogens (tertiary/aromatic N) is 1. The molecule has 0 saturated carbocycles. The average Bonchev–Trinajstić information content (AvgIpc) is 3.46. The first-order chi connectivity index (χ1) is 40.0. The second-order valence-electron chi connectivity index (χ2n) is 21.7. The average molecular weight is 1160 g/mol. The van der Waals surface area contributed by atoms with E-state index in [9.17, 15) is 19.0 Å². The molecule has 2 unspecified atom stereocenters. The lowest BCUT2D eigenvalue weighted by molar-refractivity contribution is -0.870. The number of ether oxygens (including phenoxy) is 2. The molecule has 0 radical (unpaired) electrons. The van der Waals surface area contributed by atoms with Gasteiger partial charge in [0, 0.05) is 12.8 Å². The van der Waals surface area contributed by atoms with Gasteiger partial charge in [0.25, 0.3) is 0 Å². The van der Waals surface area contributed by atoms with Crippen LogP contribution in [0.15, 0.2) is 170 Å². The highest BCUT2D eigenvalue weighted by atomic mass is 31.2. The van der Waals surface area contributed by atoms with Gasteiger partial charge in [-0.25, -0.2) is 4.57 Å². The molecule has 0 fully saturated rings. The zero-order valence-electron chi connectivity index (χ0n) is 52.4. The molecule has 9 nitrogen and oxygen atoms in total. The maximum atomic E-state index is 12.9. The first kappa shape index (κ1) is 77.4. The van der Waals surface area contributed by atoms with Gasteiger partial charge in [0.2, 0.25) is 0 Å². The number of quaternary nitrogens is 1. The largest absolute Gasteiger partial charge is 0.472 e. The molecule has 0 aliphatic carbocycles. The normalized spacial score (nSPS) is 14.4. The van der Waals surface area contributed by atoms with Crippen LogP contribution >= 0.6 is 7.82 Å². The minimum absolute atomic E-state index is 0.0164. The van der Waals surface area contributed by atoms with Gasteiger partial charge < -0.3 is 18.9 Å². The standard InChI is InChI=1S/C72H116NO8P/c1-6-8-10-12-14-16-18-20-22-24-26-28-30-32-33-34-35-36-37-38-39-41-43-45-47-49-51-53-55-57-59-61-63-65-72(75)81-70(69-80-82(76,77)79-67-66-73(3,4)5)68-78-71(74)64-62-60-58-56-54-52-50-48-46-44-42-40-31-29-27-25-23-21-19-17-15-13-11-9-7-2/h8-11,14-17,20-23,26-29,32-33,35-36,38-40,42-43,45,49,51,70H,6-7,12-13,18-19,24-25,30-31,34,37,41,44,46-48,50,52-69H2,1-5H3/p+1/b10-8-,11-9-,16-14-,17-15-,22-20-,23-21-,28-26-,29-27-,33-32-,36-35-,39-38-,42-40-,45-43-,51-49-. The number of carbonyl (C=O) groups excluding carboxylic acids is 2. The molecule has 82 heavy (non-hydrogen) atoms. The number of rotatable bonds is 56. The van der Waals surface area contributed by atoms with E-state index in [-0.39, 0.29) is 32.0 Å². The minimum Gasteiger partial charge on any atom is -0.462 e. The number of carbonyl (C=O) groups is 2. The lowest BCUT2D eigenvalue weighted by Gasteiger charge is -2.24. The fourth-order valence-electron chi connectivity index (χ4n) is 7.92. The van der Waals surface area contributed by atoms with E-state index in [1.165, 1.54) is 32.1 Å². The monoisotopic (exact) mass is 1150 g/mol. The molecular weight excluding hydrogens is 1040 g/mol. The summed E-state index contributed by atoms with van der Waals surface area (Å²) in [6, 6.07) is 0. The number of hydrogen-bond donors (Lipinski definition) is 1. The summed E-state index contributed by atoms with van der Waals surface area (Å²) in [6.45, 7) is 4.15. The second-order valence-corrected chi connectivity index (χ2v) is 23.1. The van der Waals surface area contributed by atoms with E-state index in [0.717, 1.165) is 154 Å². The minimum atomic E-state index is -4.41. The lowest BCUT2D eigenvalue weighted by atomic mass is 10.1. The molecule has 0 aromatic heterocycles. The van der Waals surface area contributed by atoms with Gasteiger partial charge in [-0.05, 0) is 128 Å². The molecule has 0 rings (SSSR count). The second kappa shape index (κ2) is 60.9. The number of phosphoric ester groups is 1. The van der Waals surface area contributed by atoms with Gasteiger partial charge in [-0.1, -0.05) is 248 Å². The Morgan fingerprint density at radius 2 is 0.659 bits per heavy atom. The van der Waals surface area contributed by atoms with Crippen molar-refractivity contribution in [3.05, 3.63) is 170 Å². The zero-order chi connectivity index (χ0) is 59.8. The number of esters is 2. The summed E-state index contributed by atoms with van der Waals surface area (Å²) in [6.07, 6.45) is 92.8. The summed E-state index contributed by atoms with van der Waals surface area (Å²) in [5.41, 5.74) is 0. The van der Waals surface area contributed by atoms with E-state index in [2.05, 4.69) is 184 Å². The molecule has 0 spiro atoms. The highest BCUT2D eigenvalue weighted by Gasteiger charge is 2.27. The van der Waals surface area contributed by atoms with Gasteiger partial charge in [0.1, 0.15) is 19.8 Å². The van der Waals surface area contributed by atoms with Crippen LogP contribution in [0.25, 0.3) is 0 Å². The molecular formula is C72H117NO8P+. The van der Waals surface area contributed by atoms with Crippen molar-refractivity contribution >= 4 is 19.8 Å². The number of likely N-dealkylation sites (N-methyl/N-ethyl adjacent to an activating group) is 1. The number of allylic oxidation sites excluding steroid dienone is 28. The van der Waals surface area contributed by atoms with E-state index in [1.807, 2.05) is 21.1 Å². The molecule has 0 aromatic carbocycles. The molecule has 0 aliphatic heterocycles. The molecule has 0 saturated heterocycles. The molecule has 10 heteroatoms. The van der Waals surface area contributed by atoms with Crippen molar-refractivity contribution in [2.75, 3.05) is 47.5 Å². The number of unbranched alkanes of at least 4 members (excludes halogenated alkanes) is 14. The third kappa shape index (κ3) is 64.5. The Labute approximate surface area is 502 Å². The van der Waals surface area contributed by atoms with Crippen molar-refractivity contribution in [2.24, 2.45) is 0 Å². The molecule has 2 atom stereocenters. The van der Waals surface area contributed by atoms with E-state index in [4.69, 9.17) is 18.5 Å². The molecule has 462 valence electrons. The van der Waals surface area contributed by atoms with E-state index in [0.29, 0.717) is 17.4 Å². The van der Waals surface area contributed by atoms with Gasteiger partial charge >= 0.3 is 19.8 Å². The topological polar surface area (TPSA) is 108 Å². The maximum Gasteiger partial charge on any atom is 0.472 e. The fourth-order valence-corrected chi connectivity index (χ4v) is 8.66. The maximum absolute atomic E-state index is 12.9. The smallest absolute Gasteiger partial charge is 0.462 e. The first-order valence-electron chi connectivity index (χ1n) is 31.9. The van der Waals surface area contributed by atoms with E-state index in [1.54, 1.807) is 0 Å². The van der Waals surface area contributed by atoms with E-state index < -0.39 is 26.5 Å². The molecule has 0 heterocycles. The predicted octanol–water partition coefficient (Wildman–Crippen LogP) is 20.6. The van der Waals surface area contributed by atoms with Gasteiger partial charge in [0.05, 0.1) is 27.7 Å². The van der Waals surface area contributed by atoms with Crippen LogP contribution in [0.2, 0.25) is 0 Å². The van der Waals surface area contributed by atoms with Gasteiger partial charge in [-0.3, -0.25) is 18.6 Å². The summed E-state index contributed by atoms with van der Waals surface area (Å²) >= 11 is 0. The third-order valence-electron chi connectivity index (χ3n) is 12.7. The van der Waals surface area contributed by atoms with Gasteiger partial charge in [0.15, 0.2) is 6.10 Å². The van der Waals surface area contributed by atoms with Gasteiger partial charge in [-0.15, -0.1) is 0 Å². The van der Waals surface area contributed by atoms with Crippen LogP contribution in [0.3, 0.4) is 0 Å². The van der Waals surface area contributed by atoms with Crippen molar-refractivity contribution in [3.8, 4) is 0 Å². The number of hydrogen-bond acceptors (Lipinski definition) is 7. The Bertz CT molecular complexity index is 1990. The molecule has 0 aromatic rings. The summed E-state index contributed by atoms with van der Waals surface area (Å²) < 4.78 is 34.6. The van der Waals surface area contributed by atoms with Crippen LogP contribution in [0.1, 0.15) is 219 Å². The Balaban J connectivity index is 4.24. The van der Waals surface area contributed by atoms with Crippen molar-refractivity contribution in [1.29, 1.82) is 0 Å². The summed E-state index contributed by atoms with van der Waals surface area (Å²) in [4.78, 5) is 35.8. The highest BCUT2D eigenvalue weighted by molar-refractivity contribution is 7.47. The first-order valence-corrected chi connectivity index (χ1v) is 33.4. The molecule has 0 amide bonds. The molecule has 1 N–H and O–H groups in total. The molecule has 0 bridgehead atoms. The quantitative estimate of drug-likeness (QED) is 0.0211. The van der Waals surface area contributed by atoms with Crippen LogP contribution in [-0.4, -0.2) is 74.9 Å². The van der Waals surface area contributed by atoms with Crippen molar-refractivity contribution < 1.29 is 42.1 Å². The summed E-state index contributed by atoms with van der Waals surface area (Å²) in [7, 11) is 1.43. The highest BCUT2D eigenvalue weighted by Crippen LogP contribution is 2.43. The van der Waals surface area contributed by atoms with Crippen molar-refractivity contribution in [2.45, 2.75) is 225 Å². The fraction of sp³-hybridized carbons (Fsp3) is 0.583. The molecule has 0 aliphatic rings. The predicted molar refractivity (Wildman–Crippen MR) is 353 cm³/mol. The SMILES string of the molecule is CC/C=C\C/C=C\C/C=C\C/C=C\C/C=C\C/C=C\C/C=C\C/C=C\C/C=C\CCCCCCCC(=O)OC(COC(=O)CCCCCCCCCCC/C=C\C/C=C\C/C=C\C/C=C\C/C=C\CC)COP(=O)(O)OCC[N+](C)(C)C. The Morgan fingerprint density at radius 3 is 0.976 bits per heavy atom. The Morgan fingerprint density at radius 1 is 0.378 bits per heavy atom. The summed E-state index contributed by atoms with van der Waals surface area (Å²) in [5.74, 6) is -0.840. The Kier molecular flexibility index (Phi) is 57.5. The van der Waals surface area contributed by atoms with Gasteiger partial charge in [-0.2, -0.15) is 0 Å². The number of phosphoric acid groups is 1.